The highest BCUT2D eigenvalue weighted by molar-refractivity contribution is 7.92. The highest BCUT2D eigenvalue weighted by Crippen LogP contribution is 2.33. The normalized spacial score (nSPS) is 19.3. The number of carbonyl (C=O) groups is 1. The summed E-state index contributed by atoms with van der Waals surface area (Å²) in [6.45, 7) is 6.08. The first-order chi connectivity index (χ1) is 13.7. The third-order valence-electron chi connectivity index (χ3n) is 5.08. The molecule has 2 aromatic rings. The Hall–Kier alpha value is -2.36. The zero-order valence-electron chi connectivity index (χ0n) is 17.4. The Morgan fingerprint density at radius 1 is 1.24 bits per heavy atom. The van der Waals surface area contributed by atoms with Gasteiger partial charge in [-0.2, -0.15) is 0 Å². The fraction of sp³-hybridized carbons (Fsp3) is 0.450. The van der Waals surface area contributed by atoms with Crippen LogP contribution in [0.4, 0.5) is 5.69 Å². The molecule has 1 aliphatic heterocycles. The van der Waals surface area contributed by atoms with Crippen molar-refractivity contribution in [1.29, 1.82) is 0 Å². The van der Waals surface area contributed by atoms with Crippen LogP contribution in [0.2, 0.25) is 0 Å². The molecule has 0 spiro atoms. The second-order valence-electron chi connectivity index (χ2n) is 7.42. The first-order valence-corrected chi connectivity index (χ1v) is 11.0. The topological polar surface area (TPSA) is 94.9 Å². The lowest BCUT2D eigenvalue weighted by atomic mass is 9.98. The molecule has 0 radical (unpaired) electrons. The van der Waals surface area contributed by atoms with E-state index < -0.39 is 16.1 Å². The number of hydrogen-bond acceptors (Lipinski definition) is 6. The molecule has 1 amide bonds. The van der Waals surface area contributed by atoms with Gasteiger partial charge in [-0.05, 0) is 38.5 Å². The summed E-state index contributed by atoms with van der Waals surface area (Å²) >= 11 is 0. The number of sulfonamides is 1. The van der Waals surface area contributed by atoms with Gasteiger partial charge in [0.25, 0.3) is 10.0 Å². The largest absolute Gasteiger partial charge is 0.463 e. The van der Waals surface area contributed by atoms with E-state index in [1.165, 1.54) is 15.3 Å². The number of nitrogens with zero attached hydrogens (tertiary/aromatic N) is 2. The second kappa shape index (κ2) is 8.17. The molecule has 1 saturated heterocycles. The van der Waals surface area contributed by atoms with Crippen LogP contribution >= 0.6 is 0 Å². The molecule has 3 rings (SSSR count). The minimum Gasteiger partial charge on any atom is -0.463 e. The molecular formula is C20H28N4O4S. The van der Waals surface area contributed by atoms with Crippen molar-refractivity contribution >= 4 is 21.6 Å². The van der Waals surface area contributed by atoms with Crippen LogP contribution in [0, 0.1) is 19.8 Å². The fourth-order valence-electron chi connectivity index (χ4n) is 3.62. The zero-order chi connectivity index (χ0) is 21.3. The van der Waals surface area contributed by atoms with Crippen LogP contribution in [0.5, 0.6) is 0 Å². The van der Waals surface area contributed by atoms with Gasteiger partial charge in [0.15, 0.2) is 0 Å². The molecule has 0 bridgehead atoms. The van der Waals surface area contributed by atoms with Crippen LogP contribution in [0.25, 0.3) is 0 Å². The molecular weight excluding hydrogens is 392 g/mol. The Labute approximate surface area is 171 Å². The maximum Gasteiger partial charge on any atom is 0.267 e. The SMILES string of the molecule is CCN(c1cccc(C)c1)S(=O)(=O)c1cc(C2NNCC2C(=O)N(C)C)oc1C. The Kier molecular flexibility index (Phi) is 6.02. The Morgan fingerprint density at radius 3 is 2.59 bits per heavy atom. The summed E-state index contributed by atoms with van der Waals surface area (Å²) in [6.07, 6.45) is 0. The van der Waals surface area contributed by atoms with E-state index in [1.54, 1.807) is 34.0 Å². The number of anilines is 1. The predicted octanol–water partition coefficient (Wildman–Crippen LogP) is 1.96. The van der Waals surface area contributed by atoms with Crippen LogP contribution in [0.1, 0.15) is 30.0 Å². The van der Waals surface area contributed by atoms with Crippen molar-refractivity contribution in [1.82, 2.24) is 15.8 Å². The molecule has 1 aromatic heterocycles. The molecule has 8 nitrogen and oxygen atoms in total. The summed E-state index contributed by atoms with van der Waals surface area (Å²) in [5.41, 5.74) is 7.59. The molecule has 0 saturated carbocycles. The number of carbonyl (C=O) groups excluding carboxylic acids is 1. The van der Waals surface area contributed by atoms with E-state index >= 15 is 0 Å². The maximum absolute atomic E-state index is 13.4. The van der Waals surface area contributed by atoms with Crippen LogP contribution in [0.15, 0.2) is 39.6 Å². The minimum absolute atomic E-state index is 0.0547. The van der Waals surface area contributed by atoms with Gasteiger partial charge in [-0.15, -0.1) is 0 Å². The lowest BCUT2D eigenvalue weighted by Crippen LogP contribution is -2.34. The third kappa shape index (κ3) is 4.03. The van der Waals surface area contributed by atoms with Crippen molar-refractivity contribution in [2.45, 2.75) is 31.7 Å². The zero-order valence-corrected chi connectivity index (χ0v) is 18.2. The van der Waals surface area contributed by atoms with E-state index in [1.807, 2.05) is 25.1 Å². The first-order valence-electron chi connectivity index (χ1n) is 9.56. The predicted molar refractivity (Wildman–Crippen MR) is 111 cm³/mol. The Bertz CT molecular complexity index is 1000. The minimum atomic E-state index is -3.82. The highest BCUT2D eigenvalue weighted by atomic mass is 32.2. The van der Waals surface area contributed by atoms with Crippen molar-refractivity contribution in [2.24, 2.45) is 5.92 Å². The Balaban J connectivity index is 1.97. The molecule has 29 heavy (non-hydrogen) atoms. The average Bonchev–Trinajstić information content (AvgIpc) is 3.28. The van der Waals surface area contributed by atoms with Gasteiger partial charge in [-0.25, -0.2) is 13.8 Å². The first kappa shape index (κ1) is 21.4. The van der Waals surface area contributed by atoms with Crippen LogP contribution in [-0.4, -0.2) is 46.4 Å². The lowest BCUT2D eigenvalue weighted by Gasteiger charge is -2.22. The van der Waals surface area contributed by atoms with Crippen molar-refractivity contribution in [3.05, 3.63) is 47.4 Å². The fourth-order valence-corrected chi connectivity index (χ4v) is 5.26. The van der Waals surface area contributed by atoms with Gasteiger partial charge in [0.1, 0.15) is 16.4 Å². The molecule has 1 aromatic carbocycles. The number of benzene rings is 1. The Morgan fingerprint density at radius 2 is 1.97 bits per heavy atom. The number of aryl methyl sites for hydroxylation is 2. The van der Waals surface area contributed by atoms with Gasteiger partial charge in [0.2, 0.25) is 5.91 Å². The number of nitrogens with one attached hydrogen (secondary N) is 2. The molecule has 2 atom stereocenters. The van der Waals surface area contributed by atoms with E-state index in [9.17, 15) is 13.2 Å². The molecule has 1 fully saturated rings. The monoisotopic (exact) mass is 420 g/mol. The molecule has 2 unspecified atom stereocenters. The van der Waals surface area contributed by atoms with Gasteiger partial charge >= 0.3 is 0 Å². The second-order valence-corrected chi connectivity index (χ2v) is 9.25. The van der Waals surface area contributed by atoms with Crippen LogP contribution < -0.4 is 15.2 Å². The molecule has 1 aliphatic rings. The number of amides is 1. The standard InChI is InChI=1S/C20H28N4O4S/c1-6-24(15-9-7-8-13(2)10-15)29(26,27)18-11-17(28-14(18)3)19-16(12-21-22-19)20(25)23(4)5/h7-11,16,19,21-22H,6,12H2,1-5H3. The summed E-state index contributed by atoms with van der Waals surface area (Å²) < 4.78 is 34.0. The van der Waals surface area contributed by atoms with Crippen LogP contribution in [-0.2, 0) is 14.8 Å². The molecule has 158 valence electrons. The number of furan rings is 1. The highest BCUT2D eigenvalue weighted by Gasteiger charge is 2.38. The van der Waals surface area contributed by atoms with Crippen LogP contribution in [0.3, 0.4) is 0 Å². The number of hydrazine groups is 1. The lowest BCUT2D eigenvalue weighted by molar-refractivity contribution is -0.133. The van der Waals surface area contributed by atoms with E-state index in [4.69, 9.17) is 4.42 Å². The number of rotatable bonds is 6. The van der Waals surface area contributed by atoms with E-state index in [0.717, 1.165) is 5.56 Å². The van der Waals surface area contributed by atoms with Gasteiger partial charge < -0.3 is 9.32 Å². The molecule has 9 heteroatoms. The van der Waals surface area contributed by atoms with Gasteiger partial charge in [-0.3, -0.25) is 14.5 Å². The van der Waals surface area contributed by atoms with Gasteiger partial charge in [0, 0.05) is 33.3 Å². The van der Waals surface area contributed by atoms with E-state index in [-0.39, 0.29) is 23.3 Å². The average molecular weight is 421 g/mol. The van der Waals surface area contributed by atoms with E-state index in [0.29, 0.717) is 23.8 Å². The summed E-state index contributed by atoms with van der Waals surface area (Å²) in [7, 11) is -0.426. The number of hydrogen-bond donors (Lipinski definition) is 2. The third-order valence-corrected chi connectivity index (χ3v) is 7.09. The van der Waals surface area contributed by atoms with Crippen molar-refractivity contribution in [3.63, 3.8) is 0 Å². The summed E-state index contributed by atoms with van der Waals surface area (Å²) in [4.78, 5) is 14.1. The summed E-state index contributed by atoms with van der Waals surface area (Å²) in [5, 5.41) is 0. The van der Waals surface area contributed by atoms with Crippen molar-refractivity contribution in [2.75, 3.05) is 31.5 Å². The van der Waals surface area contributed by atoms with E-state index in [2.05, 4.69) is 10.9 Å². The quantitative estimate of drug-likeness (QED) is 0.742. The van der Waals surface area contributed by atoms with Crippen molar-refractivity contribution in [3.8, 4) is 0 Å². The molecule has 2 heterocycles. The summed E-state index contributed by atoms with van der Waals surface area (Å²) in [6, 6.07) is 8.46. The smallest absolute Gasteiger partial charge is 0.267 e. The van der Waals surface area contributed by atoms with Gasteiger partial charge in [-0.1, -0.05) is 12.1 Å². The van der Waals surface area contributed by atoms with Gasteiger partial charge in [0.05, 0.1) is 17.6 Å². The maximum atomic E-state index is 13.4. The summed E-state index contributed by atoms with van der Waals surface area (Å²) in [5.74, 6) is 0.286. The van der Waals surface area contributed by atoms with Crippen molar-refractivity contribution < 1.29 is 17.6 Å². The molecule has 0 aliphatic carbocycles. The molecule has 2 N–H and O–H groups in total.